The maximum Gasteiger partial charge on any atom is 0.256 e. The summed E-state index contributed by atoms with van der Waals surface area (Å²) < 4.78 is 28.5. The van der Waals surface area contributed by atoms with Crippen LogP contribution in [0.5, 0.6) is 0 Å². The molecule has 0 fully saturated rings. The van der Waals surface area contributed by atoms with Gasteiger partial charge in [0.1, 0.15) is 22.6 Å². The van der Waals surface area contributed by atoms with Crippen LogP contribution < -0.4 is 15.6 Å². The number of pyridine rings is 2. The molecule has 152 valence electrons. The van der Waals surface area contributed by atoms with Gasteiger partial charge in [0, 0.05) is 40.5 Å². The van der Waals surface area contributed by atoms with Gasteiger partial charge in [0.25, 0.3) is 5.56 Å². The third-order valence-electron chi connectivity index (χ3n) is 4.15. The molecule has 0 aliphatic rings. The highest BCUT2D eigenvalue weighted by Gasteiger charge is 2.16. The van der Waals surface area contributed by atoms with E-state index in [9.17, 15) is 13.4 Å². The molecule has 0 radical (unpaired) electrons. The van der Waals surface area contributed by atoms with Crippen LogP contribution in [0.15, 0.2) is 47.4 Å². The lowest BCUT2D eigenvalue weighted by Crippen LogP contribution is -2.15. The first-order chi connectivity index (χ1) is 13.7. The number of nitrogens with one attached hydrogen (secondary N) is 3. The first-order valence-corrected chi connectivity index (χ1v) is 10.7. The van der Waals surface area contributed by atoms with Crippen LogP contribution in [-0.4, -0.2) is 20.4 Å². The Bertz CT molecular complexity index is 1130. The van der Waals surface area contributed by atoms with Crippen molar-refractivity contribution in [1.29, 1.82) is 0 Å². The summed E-state index contributed by atoms with van der Waals surface area (Å²) in [5, 5.41) is 3.57. The summed E-state index contributed by atoms with van der Waals surface area (Å²) in [7, 11) is -1.26. The highest BCUT2D eigenvalue weighted by Crippen LogP contribution is 2.30. The van der Waals surface area contributed by atoms with Crippen molar-refractivity contribution in [2.24, 2.45) is 0 Å². The quantitative estimate of drug-likeness (QED) is 0.520. The Morgan fingerprint density at radius 3 is 2.62 bits per heavy atom. The number of hydrogen-bond acceptors (Lipinski definition) is 4. The standard InChI is InChI=1S/C20H20ClFN4O2S/c1-11(2)19-17(24-13-6-7-23-18(9-13)26-29(3)28)10-15(20(27)25-19)14-8-12(21)4-5-16(14)22/h4-11H,1-3H3,(H,25,27)(H2,23,24,26). The summed E-state index contributed by atoms with van der Waals surface area (Å²) >= 11 is 6.00. The number of rotatable bonds is 6. The summed E-state index contributed by atoms with van der Waals surface area (Å²) in [6, 6.07) is 9.11. The third kappa shape index (κ3) is 5.02. The summed E-state index contributed by atoms with van der Waals surface area (Å²) in [5.74, 6) is -0.0949. The molecule has 0 spiro atoms. The molecule has 0 bridgehead atoms. The molecule has 1 unspecified atom stereocenters. The fourth-order valence-electron chi connectivity index (χ4n) is 2.87. The first kappa shape index (κ1) is 21.0. The lowest BCUT2D eigenvalue weighted by atomic mass is 10.0. The average Bonchev–Trinajstić information content (AvgIpc) is 2.64. The summed E-state index contributed by atoms with van der Waals surface area (Å²) in [5.41, 5.74) is 1.84. The van der Waals surface area contributed by atoms with E-state index in [0.717, 1.165) is 0 Å². The molecule has 3 aromatic rings. The van der Waals surface area contributed by atoms with E-state index < -0.39 is 22.4 Å². The van der Waals surface area contributed by atoms with Gasteiger partial charge in [-0.1, -0.05) is 25.4 Å². The highest BCUT2D eigenvalue weighted by atomic mass is 35.5. The van der Waals surface area contributed by atoms with Crippen molar-refractivity contribution < 1.29 is 8.60 Å². The van der Waals surface area contributed by atoms with Crippen LogP contribution in [0.2, 0.25) is 5.02 Å². The lowest BCUT2D eigenvalue weighted by Gasteiger charge is -2.17. The summed E-state index contributed by atoms with van der Waals surface area (Å²) in [6.07, 6.45) is 3.07. The minimum absolute atomic E-state index is 0.00559. The molecule has 0 saturated carbocycles. The molecule has 29 heavy (non-hydrogen) atoms. The molecular formula is C20H20ClFN4O2S. The molecule has 0 saturated heterocycles. The van der Waals surface area contributed by atoms with Gasteiger partial charge in [0.15, 0.2) is 0 Å². The monoisotopic (exact) mass is 434 g/mol. The van der Waals surface area contributed by atoms with Gasteiger partial charge in [-0.3, -0.25) is 9.52 Å². The van der Waals surface area contributed by atoms with Crippen LogP contribution in [0.1, 0.15) is 25.5 Å². The largest absolute Gasteiger partial charge is 0.354 e. The van der Waals surface area contributed by atoms with Crippen molar-refractivity contribution in [3.63, 3.8) is 0 Å². The van der Waals surface area contributed by atoms with Crippen LogP contribution in [-0.2, 0) is 11.0 Å². The van der Waals surface area contributed by atoms with Crippen LogP contribution in [0, 0.1) is 5.82 Å². The average molecular weight is 435 g/mol. The van der Waals surface area contributed by atoms with Crippen LogP contribution in [0.4, 0.5) is 21.6 Å². The van der Waals surface area contributed by atoms with Crippen molar-refractivity contribution in [2.45, 2.75) is 19.8 Å². The molecule has 3 rings (SSSR count). The van der Waals surface area contributed by atoms with E-state index in [4.69, 9.17) is 11.6 Å². The van der Waals surface area contributed by atoms with Crippen molar-refractivity contribution in [3.8, 4) is 11.1 Å². The van der Waals surface area contributed by atoms with Crippen molar-refractivity contribution in [3.05, 3.63) is 69.5 Å². The second-order valence-corrected chi connectivity index (χ2v) is 8.28. The molecule has 3 N–H and O–H groups in total. The first-order valence-electron chi connectivity index (χ1n) is 8.80. The Labute approximate surface area is 175 Å². The SMILES string of the molecule is CC(C)c1[nH]c(=O)c(-c2cc(Cl)ccc2F)cc1Nc1ccnc(NS(C)=O)c1. The number of halogens is 2. The van der Waals surface area contributed by atoms with Crippen LogP contribution >= 0.6 is 11.6 Å². The molecule has 2 heterocycles. The number of hydrogen-bond donors (Lipinski definition) is 3. The number of H-pyrrole nitrogens is 1. The number of anilines is 3. The Kier molecular flexibility index (Phi) is 6.34. The van der Waals surface area contributed by atoms with Gasteiger partial charge < -0.3 is 10.3 Å². The Morgan fingerprint density at radius 1 is 1.17 bits per heavy atom. The normalized spacial score (nSPS) is 12.1. The topological polar surface area (TPSA) is 86.9 Å². The lowest BCUT2D eigenvalue weighted by molar-refractivity contribution is 0.631. The fraction of sp³-hybridized carbons (Fsp3) is 0.200. The maximum absolute atomic E-state index is 14.4. The van der Waals surface area contributed by atoms with Gasteiger partial charge in [-0.15, -0.1) is 0 Å². The number of benzene rings is 1. The highest BCUT2D eigenvalue weighted by molar-refractivity contribution is 7.85. The molecule has 0 aliphatic carbocycles. The zero-order valence-corrected chi connectivity index (χ0v) is 17.6. The summed E-state index contributed by atoms with van der Waals surface area (Å²) in [4.78, 5) is 19.6. The van der Waals surface area contributed by atoms with E-state index in [1.54, 1.807) is 24.4 Å². The van der Waals surface area contributed by atoms with E-state index in [2.05, 4.69) is 20.0 Å². The molecule has 2 aromatic heterocycles. The van der Waals surface area contributed by atoms with Gasteiger partial charge >= 0.3 is 0 Å². The molecule has 0 amide bonds. The zero-order valence-electron chi connectivity index (χ0n) is 16.0. The summed E-state index contributed by atoms with van der Waals surface area (Å²) in [6.45, 7) is 3.88. The predicted molar refractivity (Wildman–Crippen MR) is 117 cm³/mol. The van der Waals surface area contributed by atoms with Crippen LogP contribution in [0.25, 0.3) is 11.1 Å². The molecule has 6 nitrogen and oxygen atoms in total. The Balaban J connectivity index is 2.09. The second-order valence-electron chi connectivity index (χ2n) is 6.73. The van der Waals surface area contributed by atoms with Crippen molar-refractivity contribution in [2.75, 3.05) is 16.3 Å². The van der Waals surface area contributed by atoms with Crippen LogP contribution in [0.3, 0.4) is 0 Å². The second kappa shape index (κ2) is 8.75. The number of nitrogens with zero attached hydrogens (tertiary/aromatic N) is 1. The van der Waals surface area contributed by atoms with Gasteiger partial charge in [0.05, 0.1) is 11.3 Å². The van der Waals surface area contributed by atoms with Gasteiger partial charge in [0.2, 0.25) is 0 Å². The van der Waals surface area contributed by atoms with Gasteiger partial charge in [-0.05, 0) is 36.2 Å². The zero-order chi connectivity index (χ0) is 21.1. The minimum atomic E-state index is -1.26. The minimum Gasteiger partial charge on any atom is -0.354 e. The van der Waals surface area contributed by atoms with E-state index in [0.29, 0.717) is 27.9 Å². The smallest absolute Gasteiger partial charge is 0.256 e. The van der Waals surface area contributed by atoms with Crippen molar-refractivity contribution >= 4 is 39.8 Å². The maximum atomic E-state index is 14.4. The molecule has 9 heteroatoms. The molecule has 1 aromatic carbocycles. The Hall–Kier alpha value is -2.71. The van der Waals surface area contributed by atoms with E-state index in [1.165, 1.54) is 24.5 Å². The van der Waals surface area contributed by atoms with E-state index >= 15 is 0 Å². The molecule has 0 aliphatic heterocycles. The van der Waals surface area contributed by atoms with Gasteiger partial charge in [-0.25, -0.2) is 13.6 Å². The van der Waals surface area contributed by atoms with Crippen molar-refractivity contribution in [1.82, 2.24) is 9.97 Å². The molecule has 1 atom stereocenters. The third-order valence-corrected chi connectivity index (χ3v) is 4.89. The fourth-order valence-corrected chi connectivity index (χ4v) is 3.45. The number of aromatic amines is 1. The van der Waals surface area contributed by atoms with E-state index in [1.807, 2.05) is 13.8 Å². The number of aromatic nitrogens is 2. The predicted octanol–water partition coefficient (Wildman–Crippen LogP) is 4.80. The van der Waals surface area contributed by atoms with E-state index in [-0.39, 0.29) is 17.0 Å². The van der Waals surface area contributed by atoms with Gasteiger partial charge in [-0.2, -0.15) is 0 Å². The molecular weight excluding hydrogens is 415 g/mol. The Morgan fingerprint density at radius 2 is 1.93 bits per heavy atom.